The predicted octanol–water partition coefficient (Wildman–Crippen LogP) is 6.05. The summed E-state index contributed by atoms with van der Waals surface area (Å²) in [7, 11) is 0. The number of hydrogen-bond donors (Lipinski definition) is 1. The lowest BCUT2D eigenvalue weighted by molar-refractivity contribution is -0.123. The first-order valence-corrected chi connectivity index (χ1v) is 9.45. The fourth-order valence-electron chi connectivity index (χ4n) is 2.28. The number of halogens is 3. The molecular weight excluding hydrogens is 417 g/mol. The van der Waals surface area contributed by atoms with Crippen molar-refractivity contribution < 1.29 is 14.3 Å². The van der Waals surface area contributed by atoms with E-state index in [2.05, 4.69) is 5.32 Å². The summed E-state index contributed by atoms with van der Waals surface area (Å²) in [4.78, 5) is 24.9. The van der Waals surface area contributed by atoms with Gasteiger partial charge in [0.2, 0.25) is 0 Å². The third-order valence-electron chi connectivity index (χ3n) is 3.50. The largest absolute Gasteiger partial charge is 0.448 e. The molecule has 3 rings (SSSR count). The molecule has 3 aromatic rings. The quantitative estimate of drug-likeness (QED) is 0.515. The molecule has 1 unspecified atom stereocenters. The molecule has 1 atom stereocenters. The zero-order valence-corrected chi connectivity index (χ0v) is 16.5. The number of hydrogen-bond acceptors (Lipinski definition) is 4. The highest BCUT2D eigenvalue weighted by Crippen LogP contribution is 2.35. The standard InChI is InChI=1S/C18H12Cl3NO3S/c1-9(17(23)22-12-7-10(19)6-11(20)8-12)25-18(24)16-15(21)13-4-2-3-5-14(13)26-16/h2-9H,1H3,(H,22,23). The Morgan fingerprint density at radius 3 is 2.38 bits per heavy atom. The van der Waals surface area contributed by atoms with Crippen molar-refractivity contribution >= 4 is 73.8 Å². The number of anilines is 1. The van der Waals surface area contributed by atoms with Crippen LogP contribution in [0.2, 0.25) is 15.1 Å². The Kier molecular flexibility index (Phi) is 5.73. The summed E-state index contributed by atoms with van der Waals surface area (Å²) in [5.74, 6) is -1.16. The van der Waals surface area contributed by atoms with E-state index in [0.717, 1.165) is 10.1 Å². The summed E-state index contributed by atoms with van der Waals surface area (Å²) in [5, 5.41) is 4.47. The summed E-state index contributed by atoms with van der Waals surface area (Å²) in [5.41, 5.74) is 0.412. The van der Waals surface area contributed by atoms with Gasteiger partial charge < -0.3 is 10.1 Å². The zero-order valence-electron chi connectivity index (χ0n) is 13.4. The Morgan fingerprint density at radius 1 is 1.08 bits per heavy atom. The van der Waals surface area contributed by atoms with Crippen LogP contribution in [0.1, 0.15) is 16.6 Å². The Balaban J connectivity index is 1.71. The van der Waals surface area contributed by atoms with Gasteiger partial charge >= 0.3 is 5.97 Å². The van der Waals surface area contributed by atoms with E-state index in [9.17, 15) is 9.59 Å². The SMILES string of the molecule is CC(OC(=O)c1sc2ccccc2c1Cl)C(=O)Nc1cc(Cl)cc(Cl)c1. The number of amides is 1. The number of fused-ring (bicyclic) bond motifs is 1. The fraction of sp³-hybridized carbons (Fsp3) is 0.111. The summed E-state index contributed by atoms with van der Waals surface area (Å²) < 4.78 is 6.12. The lowest BCUT2D eigenvalue weighted by Gasteiger charge is -2.13. The van der Waals surface area contributed by atoms with Gasteiger partial charge in [0.15, 0.2) is 6.10 Å². The Hall–Kier alpha value is -1.79. The number of esters is 1. The van der Waals surface area contributed by atoms with Crippen LogP contribution in [0, 0.1) is 0 Å². The van der Waals surface area contributed by atoms with Crippen molar-refractivity contribution in [3.8, 4) is 0 Å². The van der Waals surface area contributed by atoms with Crippen molar-refractivity contribution in [3.63, 3.8) is 0 Å². The topological polar surface area (TPSA) is 55.4 Å². The molecule has 1 heterocycles. The van der Waals surface area contributed by atoms with E-state index in [4.69, 9.17) is 39.5 Å². The number of nitrogens with one attached hydrogen (secondary N) is 1. The molecule has 0 bridgehead atoms. The average molecular weight is 429 g/mol. The molecule has 4 nitrogen and oxygen atoms in total. The van der Waals surface area contributed by atoms with Gasteiger partial charge in [-0.3, -0.25) is 4.79 Å². The molecule has 1 aromatic heterocycles. The molecule has 0 spiro atoms. The predicted molar refractivity (Wildman–Crippen MR) is 107 cm³/mol. The molecule has 0 saturated carbocycles. The number of rotatable bonds is 4. The van der Waals surface area contributed by atoms with Crippen LogP contribution in [0.4, 0.5) is 5.69 Å². The second-order valence-electron chi connectivity index (χ2n) is 5.44. The van der Waals surface area contributed by atoms with Crippen LogP contribution >= 0.6 is 46.1 Å². The third kappa shape index (κ3) is 4.13. The summed E-state index contributed by atoms with van der Waals surface area (Å²) in [6, 6.07) is 12.0. The average Bonchev–Trinajstić information content (AvgIpc) is 2.91. The second kappa shape index (κ2) is 7.84. The van der Waals surface area contributed by atoms with Crippen LogP contribution in [-0.2, 0) is 9.53 Å². The Bertz CT molecular complexity index is 982. The van der Waals surface area contributed by atoms with Crippen molar-refractivity contribution in [2.24, 2.45) is 0 Å². The van der Waals surface area contributed by atoms with Gasteiger partial charge in [-0.15, -0.1) is 11.3 Å². The molecule has 26 heavy (non-hydrogen) atoms. The Morgan fingerprint density at radius 2 is 1.73 bits per heavy atom. The first kappa shape index (κ1) is 19.0. The first-order valence-electron chi connectivity index (χ1n) is 7.50. The van der Waals surface area contributed by atoms with E-state index >= 15 is 0 Å². The molecule has 0 fully saturated rings. The highest BCUT2D eigenvalue weighted by molar-refractivity contribution is 7.21. The van der Waals surface area contributed by atoms with Crippen LogP contribution in [0.3, 0.4) is 0 Å². The minimum absolute atomic E-state index is 0.262. The molecule has 0 aliphatic rings. The van der Waals surface area contributed by atoms with E-state index in [1.54, 1.807) is 18.2 Å². The van der Waals surface area contributed by atoms with Gasteiger partial charge in [-0.25, -0.2) is 4.79 Å². The molecule has 134 valence electrons. The lowest BCUT2D eigenvalue weighted by Crippen LogP contribution is -2.29. The molecule has 0 radical (unpaired) electrons. The molecule has 0 aliphatic heterocycles. The van der Waals surface area contributed by atoms with Gasteiger partial charge in [-0.2, -0.15) is 0 Å². The molecule has 1 N–H and O–H groups in total. The maximum Gasteiger partial charge on any atom is 0.350 e. The van der Waals surface area contributed by atoms with E-state index in [1.807, 2.05) is 24.3 Å². The van der Waals surface area contributed by atoms with Crippen LogP contribution in [0.5, 0.6) is 0 Å². The van der Waals surface area contributed by atoms with E-state index < -0.39 is 18.0 Å². The van der Waals surface area contributed by atoms with Crippen LogP contribution in [-0.4, -0.2) is 18.0 Å². The zero-order chi connectivity index (χ0) is 18.8. The van der Waals surface area contributed by atoms with Crippen LogP contribution in [0.25, 0.3) is 10.1 Å². The van der Waals surface area contributed by atoms with Crippen molar-refractivity contribution in [1.29, 1.82) is 0 Å². The fourth-order valence-corrected chi connectivity index (χ4v) is 4.20. The third-order valence-corrected chi connectivity index (χ3v) is 5.60. The lowest BCUT2D eigenvalue weighted by atomic mass is 10.2. The van der Waals surface area contributed by atoms with Crippen LogP contribution < -0.4 is 5.32 Å². The normalized spacial score (nSPS) is 12.0. The molecule has 2 aromatic carbocycles. The van der Waals surface area contributed by atoms with Gasteiger partial charge in [-0.05, 0) is 31.2 Å². The second-order valence-corrected chi connectivity index (χ2v) is 7.74. The number of carbonyl (C=O) groups excluding carboxylic acids is 2. The molecule has 0 aliphatic carbocycles. The molecule has 1 amide bonds. The van der Waals surface area contributed by atoms with Gasteiger partial charge in [0, 0.05) is 25.8 Å². The maximum absolute atomic E-state index is 12.4. The summed E-state index contributed by atoms with van der Waals surface area (Å²) >= 11 is 19.3. The highest BCUT2D eigenvalue weighted by Gasteiger charge is 2.23. The van der Waals surface area contributed by atoms with Crippen molar-refractivity contribution in [3.05, 3.63) is 62.4 Å². The number of ether oxygens (including phenoxy) is 1. The smallest absolute Gasteiger partial charge is 0.350 e. The maximum atomic E-state index is 12.4. The molecule has 0 saturated heterocycles. The Labute approximate surface area is 168 Å². The first-order chi connectivity index (χ1) is 12.3. The van der Waals surface area contributed by atoms with Gasteiger partial charge in [0.1, 0.15) is 4.88 Å². The monoisotopic (exact) mass is 427 g/mol. The van der Waals surface area contributed by atoms with E-state index in [-0.39, 0.29) is 4.88 Å². The summed E-state index contributed by atoms with van der Waals surface area (Å²) in [6.45, 7) is 1.47. The minimum atomic E-state index is -1.03. The van der Waals surface area contributed by atoms with Crippen molar-refractivity contribution in [1.82, 2.24) is 0 Å². The van der Waals surface area contributed by atoms with Crippen LogP contribution in [0.15, 0.2) is 42.5 Å². The number of thiophene rings is 1. The van der Waals surface area contributed by atoms with Crippen molar-refractivity contribution in [2.75, 3.05) is 5.32 Å². The van der Waals surface area contributed by atoms with E-state index in [1.165, 1.54) is 18.3 Å². The van der Waals surface area contributed by atoms with Gasteiger partial charge in [-0.1, -0.05) is 53.0 Å². The number of benzene rings is 2. The number of carbonyl (C=O) groups is 2. The molecule has 8 heteroatoms. The molecular formula is C18H12Cl3NO3S. The van der Waals surface area contributed by atoms with Crippen molar-refractivity contribution in [2.45, 2.75) is 13.0 Å². The minimum Gasteiger partial charge on any atom is -0.448 e. The highest BCUT2D eigenvalue weighted by atomic mass is 35.5. The van der Waals surface area contributed by atoms with E-state index in [0.29, 0.717) is 20.8 Å². The summed E-state index contributed by atoms with van der Waals surface area (Å²) in [6.07, 6.45) is -1.03. The van der Waals surface area contributed by atoms with Gasteiger partial charge in [0.05, 0.1) is 5.02 Å². The van der Waals surface area contributed by atoms with Gasteiger partial charge in [0.25, 0.3) is 5.91 Å².